The Hall–Kier alpha value is -3.07. The Bertz CT molecular complexity index is 1200. The standard InChI is InChI=1S/C22H23FN4O3S/c1-13-5-3-4-10-27(13)17(28)11-26-12-24-21-18(22(26)30)14(2)19(31-21)20(29)25-16-8-6-15(23)7-9-16/h6-9,12-13H,3-5,10-11H2,1-2H3,(H,25,29)/t13-/m1/s1. The van der Waals surface area contributed by atoms with Crippen LogP contribution in [0.15, 0.2) is 35.4 Å². The second-order valence-electron chi connectivity index (χ2n) is 7.81. The van der Waals surface area contributed by atoms with Gasteiger partial charge < -0.3 is 10.2 Å². The van der Waals surface area contributed by atoms with Crippen molar-refractivity contribution in [3.8, 4) is 0 Å². The lowest BCUT2D eigenvalue weighted by molar-refractivity contribution is -0.135. The lowest BCUT2D eigenvalue weighted by Crippen LogP contribution is -2.44. The molecule has 0 bridgehead atoms. The zero-order valence-electron chi connectivity index (χ0n) is 17.4. The number of aromatic nitrogens is 2. The van der Waals surface area contributed by atoms with Gasteiger partial charge in [-0.25, -0.2) is 9.37 Å². The molecule has 0 aliphatic carbocycles. The number of piperidine rings is 1. The molecule has 162 valence electrons. The SMILES string of the molecule is Cc1c(C(=O)Nc2ccc(F)cc2)sc2ncn(CC(=O)N3CCCC[C@H]3C)c(=O)c12. The van der Waals surface area contributed by atoms with Crippen molar-refractivity contribution in [1.29, 1.82) is 0 Å². The summed E-state index contributed by atoms with van der Waals surface area (Å²) >= 11 is 1.12. The van der Waals surface area contributed by atoms with Gasteiger partial charge >= 0.3 is 0 Å². The van der Waals surface area contributed by atoms with Gasteiger partial charge in [0.25, 0.3) is 11.5 Å². The number of hydrogen-bond acceptors (Lipinski definition) is 5. The lowest BCUT2D eigenvalue weighted by Gasteiger charge is -2.33. The number of halogens is 1. The highest BCUT2D eigenvalue weighted by atomic mass is 32.1. The van der Waals surface area contributed by atoms with E-state index in [4.69, 9.17) is 0 Å². The van der Waals surface area contributed by atoms with Gasteiger partial charge in [0.15, 0.2) is 0 Å². The Balaban J connectivity index is 1.60. The number of amides is 2. The number of nitrogens with one attached hydrogen (secondary N) is 1. The molecule has 1 fully saturated rings. The topological polar surface area (TPSA) is 84.3 Å². The van der Waals surface area contributed by atoms with E-state index >= 15 is 0 Å². The van der Waals surface area contributed by atoms with Crippen molar-refractivity contribution < 1.29 is 14.0 Å². The highest BCUT2D eigenvalue weighted by molar-refractivity contribution is 7.20. The second kappa shape index (κ2) is 8.58. The summed E-state index contributed by atoms with van der Waals surface area (Å²) in [6.45, 7) is 4.35. The monoisotopic (exact) mass is 442 g/mol. The number of fused-ring (bicyclic) bond motifs is 1. The number of carbonyl (C=O) groups is 2. The van der Waals surface area contributed by atoms with Gasteiger partial charge in [-0.3, -0.25) is 19.0 Å². The molecule has 0 unspecified atom stereocenters. The minimum absolute atomic E-state index is 0.0709. The Morgan fingerprint density at radius 1 is 1.26 bits per heavy atom. The third-order valence-electron chi connectivity index (χ3n) is 5.65. The number of anilines is 1. The van der Waals surface area contributed by atoms with E-state index in [2.05, 4.69) is 10.3 Å². The summed E-state index contributed by atoms with van der Waals surface area (Å²) in [4.78, 5) is 45.5. The van der Waals surface area contributed by atoms with E-state index in [0.29, 0.717) is 32.9 Å². The molecule has 1 atom stereocenters. The van der Waals surface area contributed by atoms with Crippen LogP contribution in [0.3, 0.4) is 0 Å². The molecule has 1 aromatic carbocycles. The predicted octanol–water partition coefficient (Wildman–Crippen LogP) is 3.56. The average Bonchev–Trinajstić information content (AvgIpc) is 3.09. The second-order valence-corrected chi connectivity index (χ2v) is 8.81. The molecule has 3 aromatic rings. The first-order chi connectivity index (χ1) is 14.8. The van der Waals surface area contributed by atoms with Gasteiger partial charge in [0, 0.05) is 18.3 Å². The molecule has 1 N–H and O–H groups in total. The lowest BCUT2D eigenvalue weighted by atomic mass is 10.0. The van der Waals surface area contributed by atoms with E-state index in [9.17, 15) is 18.8 Å². The number of likely N-dealkylation sites (tertiary alicyclic amines) is 1. The summed E-state index contributed by atoms with van der Waals surface area (Å²) in [6, 6.07) is 5.61. The number of carbonyl (C=O) groups excluding carboxylic acids is 2. The number of thiophene rings is 1. The first-order valence-corrected chi connectivity index (χ1v) is 11.0. The van der Waals surface area contributed by atoms with Gasteiger partial charge in [-0.2, -0.15) is 0 Å². The highest BCUT2D eigenvalue weighted by Gasteiger charge is 2.25. The van der Waals surface area contributed by atoms with E-state index in [1.807, 2.05) is 11.8 Å². The largest absolute Gasteiger partial charge is 0.338 e. The molecule has 1 aliphatic heterocycles. The smallest absolute Gasteiger partial charge is 0.266 e. The minimum atomic E-state index is -0.394. The van der Waals surface area contributed by atoms with Crippen molar-refractivity contribution in [2.24, 2.45) is 0 Å². The van der Waals surface area contributed by atoms with E-state index in [0.717, 1.165) is 30.6 Å². The van der Waals surface area contributed by atoms with Gasteiger partial charge in [0.2, 0.25) is 5.91 Å². The number of aryl methyl sites for hydroxylation is 1. The average molecular weight is 443 g/mol. The molecular weight excluding hydrogens is 419 g/mol. The Morgan fingerprint density at radius 2 is 2.00 bits per heavy atom. The fourth-order valence-electron chi connectivity index (χ4n) is 3.91. The molecule has 2 aromatic heterocycles. The van der Waals surface area contributed by atoms with Crippen molar-refractivity contribution in [3.05, 3.63) is 57.2 Å². The zero-order chi connectivity index (χ0) is 22.1. The predicted molar refractivity (Wildman–Crippen MR) is 118 cm³/mol. The van der Waals surface area contributed by atoms with Gasteiger partial charge in [0.05, 0.1) is 16.6 Å². The molecule has 1 aliphatic rings. The minimum Gasteiger partial charge on any atom is -0.338 e. The third kappa shape index (κ3) is 4.23. The van der Waals surface area contributed by atoms with Gasteiger partial charge in [-0.05, 0) is 62.9 Å². The highest BCUT2D eigenvalue weighted by Crippen LogP contribution is 2.27. The molecule has 2 amide bonds. The van der Waals surface area contributed by atoms with Crippen LogP contribution in [-0.4, -0.2) is 38.9 Å². The molecule has 0 saturated carbocycles. The maximum Gasteiger partial charge on any atom is 0.266 e. The summed E-state index contributed by atoms with van der Waals surface area (Å²) in [5.74, 6) is -0.886. The molecule has 9 heteroatoms. The summed E-state index contributed by atoms with van der Waals surface area (Å²) in [5.41, 5.74) is 0.637. The van der Waals surface area contributed by atoms with Crippen LogP contribution >= 0.6 is 11.3 Å². The van der Waals surface area contributed by atoms with Crippen molar-refractivity contribution in [2.45, 2.75) is 45.7 Å². The van der Waals surface area contributed by atoms with Crippen molar-refractivity contribution in [2.75, 3.05) is 11.9 Å². The first kappa shape index (κ1) is 21.2. The molecule has 4 rings (SSSR count). The maximum absolute atomic E-state index is 13.1. The Kier molecular flexibility index (Phi) is 5.86. The molecule has 7 nitrogen and oxygen atoms in total. The molecule has 0 radical (unpaired) electrons. The maximum atomic E-state index is 13.1. The van der Waals surface area contributed by atoms with Crippen molar-refractivity contribution in [1.82, 2.24) is 14.5 Å². The molecule has 0 spiro atoms. The van der Waals surface area contributed by atoms with Gasteiger partial charge in [-0.1, -0.05) is 0 Å². The summed E-state index contributed by atoms with van der Waals surface area (Å²) in [6.07, 6.45) is 4.41. The summed E-state index contributed by atoms with van der Waals surface area (Å²) in [7, 11) is 0. The Morgan fingerprint density at radius 3 is 2.71 bits per heavy atom. The van der Waals surface area contributed by atoms with E-state index in [1.54, 1.807) is 6.92 Å². The van der Waals surface area contributed by atoms with E-state index in [-0.39, 0.29) is 24.1 Å². The van der Waals surface area contributed by atoms with Crippen LogP contribution in [0, 0.1) is 12.7 Å². The van der Waals surface area contributed by atoms with Crippen LogP contribution in [0.25, 0.3) is 10.2 Å². The van der Waals surface area contributed by atoms with Crippen LogP contribution in [0.5, 0.6) is 0 Å². The number of hydrogen-bond donors (Lipinski definition) is 1. The fourth-order valence-corrected chi connectivity index (χ4v) is 4.95. The van der Waals surface area contributed by atoms with Gasteiger partial charge in [-0.15, -0.1) is 11.3 Å². The van der Waals surface area contributed by atoms with Gasteiger partial charge in [0.1, 0.15) is 17.2 Å². The number of nitrogens with zero attached hydrogens (tertiary/aromatic N) is 3. The zero-order valence-corrected chi connectivity index (χ0v) is 18.2. The molecule has 1 saturated heterocycles. The van der Waals surface area contributed by atoms with Crippen LogP contribution < -0.4 is 10.9 Å². The summed E-state index contributed by atoms with van der Waals surface area (Å²) < 4.78 is 14.4. The third-order valence-corrected chi connectivity index (χ3v) is 6.85. The van der Waals surface area contributed by atoms with E-state index in [1.165, 1.54) is 35.2 Å². The molecular formula is C22H23FN4O3S. The van der Waals surface area contributed by atoms with Crippen LogP contribution in [0.2, 0.25) is 0 Å². The van der Waals surface area contributed by atoms with E-state index < -0.39 is 11.7 Å². The number of benzene rings is 1. The van der Waals surface area contributed by atoms with Crippen molar-refractivity contribution >= 4 is 39.1 Å². The molecule has 3 heterocycles. The Labute approximate surface area is 182 Å². The fraction of sp³-hybridized carbons (Fsp3) is 0.364. The van der Waals surface area contributed by atoms with Crippen LogP contribution in [0.1, 0.15) is 41.4 Å². The normalized spacial score (nSPS) is 16.5. The van der Waals surface area contributed by atoms with Crippen molar-refractivity contribution in [3.63, 3.8) is 0 Å². The first-order valence-electron chi connectivity index (χ1n) is 10.2. The van der Waals surface area contributed by atoms with Crippen LogP contribution in [0.4, 0.5) is 10.1 Å². The van der Waals surface area contributed by atoms with Crippen LogP contribution in [-0.2, 0) is 11.3 Å². The number of rotatable bonds is 4. The summed E-state index contributed by atoms with van der Waals surface area (Å²) in [5, 5.41) is 3.05. The molecule has 31 heavy (non-hydrogen) atoms. The quantitative estimate of drug-likeness (QED) is 0.670.